The Kier molecular flexibility index (Phi) is 3.19. The molecule has 0 aliphatic carbocycles. The molecule has 0 atom stereocenters. The van der Waals surface area contributed by atoms with E-state index in [2.05, 4.69) is 53.5 Å². The van der Waals surface area contributed by atoms with E-state index in [0.717, 1.165) is 44.2 Å². The molecule has 1 aromatic carbocycles. The van der Waals surface area contributed by atoms with Crippen LogP contribution in [-0.2, 0) is 6.54 Å². The summed E-state index contributed by atoms with van der Waals surface area (Å²) >= 11 is 0. The smallest absolute Gasteiger partial charge is 0.206 e. The van der Waals surface area contributed by atoms with Gasteiger partial charge in [0.25, 0.3) is 0 Å². The van der Waals surface area contributed by atoms with Crippen LogP contribution in [0.1, 0.15) is 12.5 Å². The largest absolute Gasteiger partial charge is 0.340 e. The first-order valence-electron chi connectivity index (χ1n) is 7.09. The lowest BCUT2D eigenvalue weighted by Gasteiger charge is -2.33. The zero-order chi connectivity index (χ0) is 13.4. The molecule has 2 heterocycles. The van der Waals surface area contributed by atoms with Gasteiger partial charge < -0.3 is 14.4 Å². The van der Waals surface area contributed by atoms with Crippen molar-refractivity contribution < 1.29 is 0 Å². The monoisotopic (exact) mass is 258 g/mol. The first kappa shape index (κ1) is 12.5. The highest BCUT2D eigenvalue weighted by molar-refractivity contribution is 5.79. The van der Waals surface area contributed by atoms with Crippen LogP contribution in [-0.4, -0.2) is 47.7 Å². The number of rotatable bonds is 2. The minimum absolute atomic E-state index is 0.973. The third kappa shape index (κ3) is 2.21. The SMILES string of the molecule is CCn1c(N2CCN(C)CC2)nc2cc(C)ccc21. The molecule has 2 aromatic rings. The van der Waals surface area contributed by atoms with Gasteiger partial charge in [0.2, 0.25) is 5.95 Å². The van der Waals surface area contributed by atoms with E-state index in [1.165, 1.54) is 11.1 Å². The van der Waals surface area contributed by atoms with Crippen molar-refractivity contribution in [3.05, 3.63) is 23.8 Å². The zero-order valence-electron chi connectivity index (χ0n) is 12.1. The fraction of sp³-hybridized carbons (Fsp3) is 0.533. The van der Waals surface area contributed by atoms with Gasteiger partial charge in [-0.05, 0) is 38.6 Å². The van der Waals surface area contributed by atoms with Crippen LogP contribution in [0.25, 0.3) is 11.0 Å². The third-order valence-corrected chi connectivity index (χ3v) is 3.99. The molecule has 1 aliphatic heterocycles. The molecule has 0 radical (unpaired) electrons. The lowest BCUT2D eigenvalue weighted by molar-refractivity contribution is 0.310. The van der Waals surface area contributed by atoms with Crippen LogP contribution < -0.4 is 4.90 Å². The summed E-state index contributed by atoms with van der Waals surface area (Å²) in [6.45, 7) is 9.66. The quantitative estimate of drug-likeness (QED) is 0.824. The van der Waals surface area contributed by atoms with Crippen molar-refractivity contribution >= 4 is 17.0 Å². The van der Waals surface area contributed by atoms with Crippen molar-refractivity contribution in [2.24, 2.45) is 0 Å². The van der Waals surface area contributed by atoms with Crippen LogP contribution in [0.15, 0.2) is 18.2 Å². The fourth-order valence-electron chi connectivity index (χ4n) is 2.79. The van der Waals surface area contributed by atoms with E-state index in [1.54, 1.807) is 0 Å². The summed E-state index contributed by atoms with van der Waals surface area (Å²) < 4.78 is 2.33. The van der Waals surface area contributed by atoms with Gasteiger partial charge in [0.1, 0.15) is 0 Å². The molecule has 1 aliphatic rings. The minimum Gasteiger partial charge on any atom is -0.340 e. The maximum Gasteiger partial charge on any atom is 0.206 e. The predicted octanol–water partition coefficient (Wildman–Crippen LogP) is 2.12. The number of anilines is 1. The van der Waals surface area contributed by atoms with Crippen molar-refractivity contribution in [3.8, 4) is 0 Å². The molecular formula is C15H22N4. The molecule has 0 N–H and O–H groups in total. The molecular weight excluding hydrogens is 236 g/mol. The molecule has 1 aromatic heterocycles. The fourth-order valence-corrected chi connectivity index (χ4v) is 2.79. The summed E-state index contributed by atoms with van der Waals surface area (Å²) in [4.78, 5) is 9.65. The number of aromatic nitrogens is 2. The van der Waals surface area contributed by atoms with Crippen LogP contribution in [0, 0.1) is 6.92 Å². The second-order valence-corrected chi connectivity index (χ2v) is 5.44. The molecule has 3 rings (SSSR count). The number of fused-ring (bicyclic) bond motifs is 1. The van der Waals surface area contributed by atoms with Gasteiger partial charge >= 0.3 is 0 Å². The molecule has 0 unspecified atom stereocenters. The molecule has 4 nitrogen and oxygen atoms in total. The Morgan fingerprint density at radius 2 is 1.89 bits per heavy atom. The van der Waals surface area contributed by atoms with Crippen molar-refractivity contribution in [2.75, 3.05) is 38.1 Å². The average molecular weight is 258 g/mol. The summed E-state index contributed by atoms with van der Waals surface area (Å²) in [7, 11) is 2.18. The Labute approximate surface area is 114 Å². The molecule has 4 heteroatoms. The minimum atomic E-state index is 0.973. The van der Waals surface area contributed by atoms with Crippen LogP contribution in [0.4, 0.5) is 5.95 Å². The molecule has 0 amide bonds. The van der Waals surface area contributed by atoms with Gasteiger partial charge in [-0.3, -0.25) is 0 Å². The van der Waals surface area contributed by atoms with E-state index < -0.39 is 0 Å². The van der Waals surface area contributed by atoms with E-state index in [0.29, 0.717) is 0 Å². The number of aryl methyl sites for hydroxylation is 2. The Morgan fingerprint density at radius 1 is 1.16 bits per heavy atom. The Morgan fingerprint density at radius 3 is 2.58 bits per heavy atom. The lowest BCUT2D eigenvalue weighted by Crippen LogP contribution is -2.45. The number of hydrogen-bond acceptors (Lipinski definition) is 3. The first-order chi connectivity index (χ1) is 9.19. The lowest BCUT2D eigenvalue weighted by atomic mass is 10.2. The summed E-state index contributed by atoms with van der Waals surface area (Å²) in [5.41, 5.74) is 3.65. The van der Waals surface area contributed by atoms with E-state index in [-0.39, 0.29) is 0 Å². The average Bonchev–Trinajstić information content (AvgIpc) is 2.77. The van der Waals surface area contributed by atoms with Crippen LogP contribution in [0.2, 0.25) is 0 Å². The number of benzene rings is 1. The Hall–Kier alpha value is -1.55. The maximum atomic E-state index is 4.86. The second-order valence-electron chi connectivity index (χ2n) is 5.44. The molecule has 19 heavy (non-hydrogen) atoms. The summed E-state index contributed by atoms with van der Waals surface area (Å²) in [6.07, 6.45) is 0. The highest BCUT2D eigenvalue weighted by atomic mass is 15.3. The number of hydrogen-bond donors (Lipinski definition) is 0. The first-order valence-corrected chi connectivity index (χ1v) is 7.09. The second kappa shape index (κ2) is 4.85. The van der Waals surface area contributed by atoms with Crippen molar-refractivity contribution in [1.82, 2.24) is 14.5 Å². The van der Waals surface area contributed by atoms with Gasteiger partial charge in [-0.15, -0.1) is 0 Å². The zero-order valence-corrected chi connectivity index (χ0v) is 12.1. The van der Waals surface area contributed by atoms with Gasteiger partial charge in [-0.25, -0.2) is 4.98 Å². The summed E-state index contributed by atoms with van der Waals surface area (Å²) in [5, 5.41) is 0. The third-order valence-electron chi connectivity index (χ3n) is 3.99. The molecule has 0 bridgehead atoms. The summed E-state index contributed by atoms with van der Waals surface area (Å²) in [6, 6.07) is 6.55. The van der Waals surface area contributed by atoms with Crippen molar-refractivity contribution in [2.45, 2.75) is 20.4 Å². The highest BCUT2D eigenvalue weighted by Crippen LogP contribution is 2.24. The summed E-state index contributed by atoms with van der Waals surface area (Å²) in [5.74, 6) is 1.14. The Bertz CT molecular complexity index is 579. The molecule has 1 fully saturated rings. The van der Waals surface area contributed by atoms with E-state index in [4.69, 9.17) is 4.98 Å². The maximum absolute atomic E-state index is 4.86. The number of piperazine rings is 1. The van der Waals surface area contributed by atoms with Crippen molar-refractivity contribution in [3.63, 3.8) is 0 Å². The van der Waals surface area contributed by atoms with E-state index in [1.807, 2.05) is 0 Å². The van der Waals surface area contributed by atoms with Gasteiger partial charge in [0.05, 0.1) is 11.0 Å². The standard InChI is InChI=1S/C15H22N4/c1-4-19-14-6-5-12(2)11-13(14)16-15(19)18-9-7-17(3)8-10-18/h5-6,11H,4,7-10H2,1-3H3. The van der Waals surface area contributed by atoms with E-state index in [9.17, 15) is 0 Å². The van der Waals surface area contributed by atoms with Gasteiger partial charge in [0, 0.05) is 32.7 Å². The molecule has 0 spiro atoms. The Balaban J connectivity index is 2.02. The van der Waals surface area contributed by atoms with Gasteiger partial charge in [0.15, 0.2) is 0 Å². The molecule has 1 saturated heterocycles. The number of likely N-dealkylation sites (N-methyl/N-ethyl adjacent to an activating group) is 1. The molecule has 0 saturated carbocycles. The van der Waals surface area contributed by atoms with Crippen LogP contribution in [0.5, 0.6) is 0 Å². The number of nitrogens with zero attached hydrogens (tertiary/aromatic N) is 4. The van der Waals surface area contributed by atoms with Gasteiger partial charge in [-0.2, -0.15) is 0 Å². The van der Waals surface area contributed by atoms with Crippen molar-refractivity contribution in [1.29, 1.82) is 0 Å². The highest BCUT2D eigenvalue weighted by Gasteiger charge is 2.20. The molecule has 102 valence electrons. The van der Waals surface area contributed by atoms with Crippen LogP contribution in [0.3, 0.4) is 0 Å². The van der Waals surface area contributed by atoms with Gasteiger partial charge in [-0.1, -0.05) is 6.07 Å². The topological polar surface area (TPSA) is 24.3 Å². The van der Waals surface area contributed by atoms with E-state index >= 15 is 0 Å². The predicted molar refractivity (Wildman–Crippen MR) is 79.9 cm³/mol. The normalized spacial score (nSPS) is 17.3. The number of imidazole rings is 1. The van der Waals surface area contributed by atoms with Crippen LogP contribution >= 0.6 is 0 Å².